The van der Waals surface area contributed by atoms with Crippen LogP contribution in [-0.2, 0) is 5.41 Å². The first-order chi connectivity index (χ1) is 26.9. The van der Waals surface area contributed by atoms with Gasteiger partial charge in [0, 0.05) is 38.1 Å². The lowest BCUT2D eigenvalue weighted by atomic mass is 9.79. The fourth-order valence-electron chi connectivity index (χ4n) is 9.54. The van der Waals surface area contributed by atoms with Crippen LogP contribution in [0.1, 0.15) is 47.2 Å². The predicted octanol–water partition coefficient (Wildman–Crippen LogP) is 13.3. The molecule has 1 aliphatic rings. The average Bonchev–Trinajstić information content (AvgIpc) is 3.70. The van der Waals surface area contributed by atoms with Crippen LogP contribution < -0.4 is 0 Å². The highest BCUT2D eigenvalue weighted by atomic mass is 16.3. The van der Waals surface area contributed by atoms with E-state index in [0.717, 1.165) is 77.2 Å². The van der Waals surface area contributed by atoms with Gasteiger partial charge in [-0.15, -0.1) is 0 Å². The zero-order chi connectivity index (χ0) is 38.9. The molecule has 274 valence electrons. The van der Waals surface area contributed by atoms with Crippen LogP contribution in [0, 0.1) is 27.7 Å². The second kappa shape index (κ2) is 11.6. The standard InChI is InChI=1S/C51H40O5/c1-25-26(2)28(4)42-41(27(25)3)43(30-17-15-29(16-18-30)31-19-21-34-33-11-7-9-13-37(33)51(5,6)38(34)24-31)45-46(48(53)50(55)49(54)47(45)52)44(42)32-20-22-40-36(23-32)35-12-8-10-14-39(35)56-40/h7-24,52-55H,1-6H3. The van der Waals surface area contributed by atoms with Gasteiger partial charge in [0.1, 0.15) is 11.2 Å². The SMILES string of the molecule is Cc1c(C)c(C)c2c(-c3ccc4oc5ccccc5c4c3)c3c(O)c(O)c(O)c(O)c3c(-c3ccc(-c4ccc5c(c4)C(C)(C)c4ccccc4-5)cc3)c2c1C. The number of benzene rings is 8. The normalized spacial score (nSPS) is 13.2. The zero-order valence-corrected chi connectivity index (χ0v) is 32.1. The van der Waals surface area contributed by atoms with Gasteiger partial charge in [-0.05, 0) is 129 Å². The molecule has 0 radical (unpaired) electrons. The van der Waals surface area contributed by atoms with E-state index in [4.69, 9.17) is 4.42 Å². The van der Waals surface area contributed by atoms with Crippen LogP contribution in [-0.4, -0.2) is 20.4 Å². The molecule has 9 aromatic rings. The van der Waals surface area contributed by atoms with E-state index < -0.39 is 23.0 Å². The first-order valence-corrected chi connectivity index (χ1v) is 19.0. The lowest BCUT2D eigenvalue weighted by Gasteiger charge is -2.25. The summed E-state index contributed by atoms with van der Waals surface area (Å²) in [6.07, 6.45) is 0. The van der Waals surface area contributed by atoms with Crippen LogP contribution in [0.2, 0.25) is 0 Å². The minimum absolute atomic E-state index is 0.130. The van der Waals surface area contributed by atoms with Crippen LogP contribution in [0.3, 0.4) is 0 Å². The number of phenolic OH excluding ortho intramolecular Hbond substituents is 4. The molecule has 1 aliphatic carbocycles. The van der Waals surface area contributed by atoms with Crippen LogP contribution >= 0.6 is 0 Å². The maximum Gasteiger partial charge on any atom is 0.204 e. The monoisotopic (exact) mass is 732 g/mol. The highest BCUT2D eigenvalue weighted by Gasteiger charge is 2.35. The third-order valence-electron chi connectivity index (χ3n) is 12.8. The number of hydrogen-bond acceptors (Lipinski definition) is 5. The zero-order valence-electron chi connectivity index (χ0n) is 32.1. The predicted molar refractivity (Wildman–Crippen MR) is 228 cm³/mol. The highest BCUT2D eigenvalue weighted by molar-refractivity contribution is 6.27. The van der Waals surface area contributed by atoms with Crippen molar-refractivity contribution < 1.29 is 24.8 Å². The smallest absolute Gasteiger partial charge is 0.204 e. The van der Waals surface area contributed by atoms with Crippen LogP contribution in [0.5, 0.6) is 23.0 Å². The number of aromatic hydroxyl groups is 4. The Kier molecular flexibility index (Phi) is 7.03. The van der Waals surface area contributed by atoms with E-state index >= 15 is 0 Å². The first kappa shape index (κ1) is 33.8. The van der Waals surface area contributed by atoms with Crippen LogP contribution in [0.25, 0.3) is 88.0 Å². The second-order valence-corrected chi connectivity index (χ2v) is 16.0. The van der Waals surface area contributed by atoms with Crippen molar-refractivity contribution in [2.75, 3.05) is 0 Å². The fraction of sp³-hybridized carbons (Fsp3) is 0.137. The molecule has 56 heavy (non-hydrogen) atoms. The minimum atomic E-state index is -0.772. The summed E-state index contributed by atoms with van der Waals surface area (Å²) in [5, 5.41) is 50.3. The molecular formula is C51H40O5. The molecule has 0 amide bonds. The molecule has 10 rings (SSSR count). The Labute approximate surface area is 324 Å². The van der Waals surface area contributed by atoms with Gasteiger partial charge < -0.3 is 24.8 Å². The largest absolute Gasteiger partial charge is 0.504 e. The fourth-order valence-corrected chi connectivity index (χ4v) is 9.54. The van der Waals surface area contributed by atoms with Gasteiger partial charge in [-0.25, -0.2) is 0 Å². The molecule has 4 N–H and O–H groups in total. The molecule has 0 bridgehead atoms. The number of fused-ring (bicyclic) bond motifs is 8. The first-order valence-electron chi connectivity index (χ1n) is 19.0. The Morgan fingerprint density at radius 2 is 0.929 bits per heavy atom. The van der Waals surface area contributed by atoms with Crippen molar-refractivity contribution in [1.82, 2.24) is 0 Å². The summed E-state index contributed by atoms with van der Waals surface area (Å²) < 4.78 is 6.18. The minimum Gasteiger partial charge on any atom is -0.504 e. The van der Waals surface area contributed by atoms with Crippen molar-refractivity contribution in [2.24, 2.45) is 0 Å². The van der Waals surface area contributed by atoms with Crippen molar-refractivity contribution in [3.8, 4) is 67.5 Å². The average molecular weight is 733 g/mol. The van der Waals surface area contributed by atoms with Crippen molar-refractivity contribution in [3.63, 3.8) is 0 Å². The molecule has 1 aromatic heterocycles. The van der Waals surface area contributed by atoms with E-state index in [-0.39, 0.29) is 16.2 Å². The van der Waals surface area contributed by atoms with E-state index in [1.54, 1.807) is 0 Å². The quantitative estimate of drug-likeness (QED) is 0.0824. The number of aryl methyl sites for hydroxylation is 2. The maximum atomic E-state index is 11.9. The van der Waals surface area contributed by atoms with Crippen molar-refractivity contribution in [3.05, 3.63) is 143 Å². The van der Waals surface area contributed by atoms with E-state index in [1.165, 1.54) is 22.3 Å². The summed E-state index contributed by atoms with van der Waals surface area (Å²) in [5.41, 5.74) is 15.8. The van der Waals surface area contributed by atoms with Gasteiger partial charge >= 0.3 is 0 Å². The molecule has 0 saturated heterocycles. The van der Waals surface area contributed by atoms with E-state index in [0.29, 0.717) is 11.1 Å². The summed E-state index contributed by atoms with van der Waals surface area (Å²) >= 11 is 0. The molecule has 0 spiro atoms. The molecule has 0 saturated carbocycles. The van der Waals surface area contributed by atoms with Crippen LogP contribution in [0.4, 0.5) is 0 Å². The Morgan fingerprint density at radius 3 is 1.61 bits per heavy atom. The number of furan rings is 1. The van der Waals surface area contributed by atoms with Crippen molar-refractivity contribution >= 4 is 43.5 Å². The summed E-state index contributed by atoms with van der Waals surface area (Å²) in [7, 11) is 0. The number of para-hydroxylation sites is 1. The van der Waals surface area contributed by atoms with Crippen LogP contribution in [0.15, 0.2) is 114 Å². The van der Waals surface area contributed by atoms with Gasteiger partial charge in [0.2, 0.25) is 11.5 Å². The molecule has 1 heterocycles. The summed E-state index contributed by atoms with van der Waals surface area (Å²) in [6, 6.07) is 37.4. The van der Waals surface area contributed by atoms with Crippen molar-refractivity contribution in [2.45, 2.75) is 47.0 Å². The molecule has 0 unspecified atom stereocenters. The van der Waals surface area contributed by atoms with Gasteiger partial charge in [-0.2, -0.15) is 0 Å². The number of hydrogen-bond donors (Lipinski definition) is 4. The highest BCUT2D eigenvalue weighted by Crippen LogP contribution is 2.58. The summed E-state index contributed by atoms with van der Waals surface area (Å²) in [6.45, 7) is 13.0. The lowest BCUT2D eigenvalue weighted by Crippen LogP contribution is -2.14. The summed E-state index contributed by atoms with van der Waals surface area (Å²) in [5.74, 6) is -2.54. The molecule has 0 aliphatic heterocycles. The maximum absolute atomic E-state index is 11.9. The summed E-state index contributed by atoms with van der Waals surface area (Å²) in [4.78, 5) is 0. The van der Waals surface area contributed by atoms with E-state index in [2.05, 4.69) is 96.1 Å². The lowest BCUT2D eigenvalue weighted by molar-refractivity contribution is 0.351. The molecule has 8 aromatic carbocycles. The Balaban J connectivity index is 1.26. The Bertz CT molecular complexity index is 3100. The Hall–Kier alpha value is -6.72. The Morgan fingerprint density at radius 1 is 0.411 bits per heavy atom. The van der Waals surface area contributed by atoms with Crippen molar-refractivity contribution in [1.29, 1.82) is 0 Å². The van der Waals surface area contributed by atoms with Gasteiger partial charge in [0.25, 0.3) is 0 Å². The van der Waals surface area contributed by atoms with Gasteiger partial charge in [-0.1, -0.05) is 98.8 Å². The van der Waals surface area contributed by atoms with Gasteiger partial charge in [0.05, 0.1) is 0 Å². The third-order valence-corrected chi connectivity index (χ3v) is 12.8. The molecule has 5 heteroatoms. The molecule has 5 nitrogen and oxygen atoms in total. The molecule has 0 fully saturated rings. The van der Waals surface area contributed by atoms with Gasteiger partial charge in [-0.3, -0.25) is 0 Å². The number of rotatable bonds is 3. The van der Waals surface area contributed by atoms with E-state index in [9.17, 15) is 20.4 Å². The van der Waals surface area contributed by atoms with E-state index in [1.807, 2.05) is 54.6 Å². The molecule has 0 atom stereocenters. The van der Waals surface area contributed by atoms with Gasteiger partial charge in [0.15, 0.2) is 11.5 Å². The third kappa shape index (κ3) is 4.42. The molecular weight excluding hydrogens is 693 g/mol. The number of phenols is 4. The topological polar surface area (TPSA) is 94.1 Å². The second-order valence-electron chi connectivity index (χ2n) is 16.0.